The van der Waals surface area contributed by atoms with Crippen molar-refractivity contribution in [1.29, 1.82) is 0 Å². The van der Waals surface area contributed by atoms with Gasteiger partial charge in [0.15, 0.2) is 0 Å². The molecule has 194 valence electrons. The van der Waals surface area contributed by atoms with E-state index in [0.717, 1.165) is 44.9 Å². The normalized spacial score (nSPS) is 37.0. The lowest BCUT2D eigenvalue weighted by Crippen LogP contribution is -2.59. The summed E-state index contributed by atoms with van der Waals surface area (Å²) in [4.78, 5) is 26.0. The predicted octanol–water partition coefficient (Wildman–Crippen LogP) is 6.00. The Balaban J connectivity index is 1.22. The highest BCUT2D eigenvalue weighted by Crippen LogP contribution is 2.65. The van der Waals surface area contributed by atoms with Gasteiger partial charge in [0, 0.05) is 17.4 Å². The molecule has 8 atom stereocenters. The van der Waals surface area contributed by atoms with Crippen molar-refractivity contribution in [2.24, 2.45) is 34.5 Å². The van der Waals surface area contributed by atoms with E-state index in [1.807, 2.05) is 12.1 Å². The van der Waals surface area contributed by atoms with E-state index in [1.54, 1.807) is 6.08 Å². The molecule has 1 heterocycles. The van der Waals surface area contributed by atoms with Crippen molar-refractivity contribution < 1.29 is 9.59 Å². The van der Waals surface area contributed by atoms with Gasteiger partial charge in [0.2, 0.25) is 11.8 Å². The molecule has 37 heavy (non-hydrogen) atoms. The number of nitrogens with one attached hydrogen (secondary N) is 2. The van der Waals surface area contributed by atoms with Gasteiger partial charge in [-0.05, 0) is 85.3 Å². The Morgan fingerprint density at radius 2 is 1.68 bits per heavy atom. The van der Waals surface area contributed by atoms with Crippen molar-refractivity contribution >= 4 is 11.8 Å². The van der Waals surface area contributed by atoms with E-state index < -0.39 is 0 Å². The maximum atomic E-state index is 14.0. The molecular formula is C33H40N2O2. The largest absolute Gasteiger partial charge is 0.349 e. The van der Waals surface area contributed by atoms with Gasteiger partial charge >= 0.3 is 0 Å². The van der Waals surface area contributed by atoms with E-state index in [2.05, 4.69) is 79.1 Å². The van der Waals surface area contributed by atoms with Crippen LogP contribution in [0.15, 0.2) is 72.8 Å². The second-order valence-corrected chi connectivity index (χ2v) is 12.6. The molecule has 2 amide bonds. The molecule has 3 aliphatic carbocycles. The third-order valence-electron chi connectivity index (χ3n) is 10.8. The average Bonchev–Trinajstić information content (AvgIpc) is 3.27. The molecule has 0 saturated heterocycles. The number of hydrogen-bond acceptors (Lipinski definition) is 2. The molecule has 0 radical (unpaired) electrons. The minimum Gasteiger partial charge on any atom is -0.349 e. The smallest absolute Gasteiger partial charge is 0.243 e. The molecular weight excluding hydrogens is 456 g/mol. The Morgan fingerprint density at radius 3 is 2.43 bits per heavy atom. The van der Waals surface area contributed by atoms with E-state index in [-0.39, 0.29) is 40.6 Å². The van der Waals surface area contributed by atoms with Gasteiger partial charge in [0.1, 0.15) is 0 Å². The Morgan fingerprint density at radius 1 is 0.946 bits per heavy atom. The second-order valence-electron chi connectivity index (χ2n) is 12.6. The molecule has 4 nitrogen and oxygen atoms in total. The van der Waals surface area contributed by atoms with E-state index in [0.29, 0.717) is 17.8 Å². The molecule has 4 heteroatoms. The van der Waals surface area contributed by atoms with E-state index in [4.69, 9.17) is 0 Å². The van der Waals surface area contributed by atoms with Crippen molar-refractivity contribution in [1.82, 2.24) is 10.6 Å². The number of carbonyl (C=O) groups excluding carboxylic acids is 2. The monoisotopic (exact) mass is 496 g/mol. The minimum absolute atomic E-state index is 0.0274. The van der Waals surface area contributed by atoms with Crippen LogP contribution in [0.3, 0.4) is 0 Å². The summed E-state index contributed by atoms with van der Waals surface area (Å²) in [6, 6.07) is 21.1. The van der Waals surface area contributed by atoms with Crippen LogP contribution < -0.4 is 10.6 Å². The lowest BCUT2D eigenvalue weighted by molar-refractivity contribution is -0.134. The molecule has 3 unspecified atom stereocenters. The summed E-state index contributed by atoms with van der Waals surface area (Å²) in [5, 5.41) is 6.77. The summed E-state index contributed by atoms with van der Waals surface area (Å²) in [7, 11) is 0. The number of hydrogen-bond donors (Lipinski definition) is 2. The number of rotatable bonds is 5. The van der Waals surface area contributed by atoms with Crippen molar-refractivity contribution in [2.75, 3.05) is 0 Å². The number of carbonyl (C=O) groups is 2. The summed E-state index contributed by atoms with van der Waals surface area (Å²) in [6.45, 7) is 4.77. The Labute approximate surface area is 221 Å². The van der Waals surface area contributed by atoms with Crippen LogP contribution in [-0.2, 0) is 16.0 Å². The zero-order valence-corrected chi connectivity index (χ0v) is 22.2. The highest BCUT2D eigenvalue weighted by molar-refractivity contribution is 5.89. The Kier molecular flexibility index (Phi) is 6.25. The molecule has 2 aromatic rings. The summed E-state index contributed by atoms with van der Waals surface area (Å²) >= 11 is 0. The highest BCUT2D eigenvalue weighted by atomic mass is 16.2. The van der Waals surface area contributed by atoms with Crippen molar-refractivity contribution in [3.63, 3.8) is 0 Å². The first-order chi connectivity index (χ1) is 17.9. The second kappa shape index (κ2) is 9.45. The van der Waals surface area contributed by atoms with E-state index in [9.17, 15) is 9.59 Å². The van der Waals surface area contributed by atoms with Crippen molar-refractivity contribution in [2.45, 2.75) is 70.9 Å². The molecule has 2 N–H and O–H groups in total. The van der Waals surface area contributed by atoms with E-state index >= 15 is 0 Å². The number of benzene rings is 2. The van der Waals surface area contributed by atoms with Crippen LogP contribution in [-0.4, -0.2) is 17.9 Å². The van der Waals surface area contributed by atoms with Gasteiger partial charge in [-0.2, -0.15) is 0 Å². The predicted molar refractivity (Wildman–Crippen MR) is 146 cm³/mol. The lowest BCUT2D eigenvalue weighted by atomic mass is 9.48. The van der Waals surface area contributed by atoms with Gasteiger partial charge in [-0.3, -0.25) is 9.59 Å². The molecule has 6 rings (SSSR count). The molecule has 0 aromatic heterocycles. The fraction of sp³-hybridized carbons (Fsp3) is 0.515. The van der Waals surface area contributed by atoms with Crippen LogP contribution >= 0.6 is 0 Å². The van der Waals surface area contributed by atoms with Gasteiger partial charge in [-0.1, -0.05) is 80.6 Å². The van der Waals surface area contributed by atoms with Crippen LogP contribution in [0.4, 0.5) is 0 Å². The Bertz CT molecular complexity index is 1180. The molecule has 3 fully saturated rings. The molecule has 0 bridgehead atoms. The molecule has 1 aliphatic heterocycles. The summed E-state index contributed by atoms with van der Waals surface area (Å²) in [6.07, 6.45) is 11.3. The lowest BCUT2D eigenvalue weighted by Gasteiger charge is -2.58. The molecule has 2 aromatic carbocycles. The maximum absolute atomic E-state index is 14.0. The van der Waals surface area contributed by atoms with Gasteiger partial charge in [-0.15, -0.1) is 0 Å². The van der Waals surface area contributed by atoms with Crippen LogP contribution in [0.25, 0.3) is 0 Å². The number of fused-ring (bicyclic) bond motifs is 5. The third-order valence-corrected chi connectivity index (χ3v) is 10.8. The minimum atomic E-state index is -0.0274. The van der Waals surface area contributed by atoms with Crippen LogP contribution in [0, 0.1) is 34.5 Å². The van der Waals surface area contributed by atoms with Crippen LogP contribution in [0.2, 0.25) is 0 Å². The van der Waals surface area contributed by atoms with Gasteiger partial charge in [-0.25, -0.2) is 0 Å². The van der Waals surface area contributed by atoms with Crippen molar-refractivity contribution in [3.8, 4) is 0 Å². The first-order valence-corrected chi connectivity index (χ1v) is 14.3. The highest BCUT2D eigenvalue weighted by Gasteiger charge is 2.60. The zero-order valence-electron chi connectivity index (χ0n) is 22.2. The van der Waals surface area contributed by atoms with Gasteiger partial charge in [0.25, 0.3) is 0 Å². The SMILES string of the molecule is C[C@]12C=CC(=O)NC1CC[C@@H]1[C@H]2CC[C@]2(C)C(C(=O)NC(Cc3ccccc3)c3ccccc3)CC[C@@H]12. The van der Waals surface area contributed by atoms with Crippen LogP contribution in [0.5, 0.6) is 0 Å². The Hall–Kier alpha value is -2.88. The summed E-state index contributed by atoms with van der Waals surface area (Å²) in [5.74, 6) is 2.15. The standard InChI is InChI=1S/C33H40N2O2/c1-32-19-17-26-24(13-16-29-33(26,2)20-18-30(36)35-29)25(32)14-15-27(32)31(37)34-28(23-11-7-4-8-12-23)21-22-9-5-3-6-10-22/h3-12,18,20,24-29H,13-17,19,21H2,1-2H3,(H,34,37)(H,35,36)/t24-,25-,26+,27?,28?,29?,32-,33+/m0/s1. The van der Waals surface area contributed by atoms with E-state index in [1.165, 1.54) is 11.1 Å². The van der Waals surface area contributed by atoms with Gasteiger partial charge < -0.3 is 10.6 Å². The molecule has 0 spiro atoms. The summed E-state index contributed by atoms with van der Waals surface area (Å²) < 4.78 is 0. The number of amides is 2. The fourth-order valence-electron chi connectivity index (χ4n) is 8.82. The molecule has 3 saturated carbocycles. The quantitative estimate of drug-likeness (QED) is 0.533. The zero-order chi connectivity index (χ0) is 25.6. The fourth-order valence-corrected chi connectivity index (χ4v) is 8.82. The molecule has 4 aliphatic rings. The van der Waals surface area contributed by atoms with Gasteiger partial charge in [0.05, 0.1) is 6.04 Å². The average molecular weight is 497 g/mol. The first kappa shape index (κ1) is 24.5. The third kappa shape index (κ3) is 4.23. The topological polar surface area (TPSA) is 58.2 Å². The first-order valence-electron chi connectivity index (χ1n) is 14.3. The summed E-state index contributed by atoms with van der Waals surface area (Å²) in [5.41, 5.74) is 2.49. The maximum Gasteiger partial charge on any atom is 0.243 e. The van der Waals surface area contributed by atoms with Crippen molar-refractivity contribution in [3.05, 3.63) is 83.9 Å². The van der Waals surface area contributed by atoms with Crippen LogP contribution in [0.1, 0.15) is 69.5 Å².